The maximum absolute atomic E-state index is 10.1. The highest BCUT2D eigenvalue weighted by Crippen LogP contribution is 2.37. The molecule has 1 aliphatic heterocycles. The zero-order valence-electron chi connectivity index (χ0n) is 12.7. The molecule has 1 aromatic rings. The van der Waals surface area contributed by atoms with Gasteiger partial charge in [0.1, 0.15) is 0 Å². The van der Waals surface area contributed by atoms with Crippen LogP contribution in [0, 0.1) is 0 Å². The summed E-state index contributed by atoms with van der Waals surface area (Å²) >= 11 is 1.62. The quantitative estimate of drug-likeness (QED) is 0.853. The molecule has 0 unspecified atom stereocenters. The van der Waals surface area contributed by atoms with Crippen LogP contribution in [0.25, 0.3) is 0 Å². The molecule has 0 spiro atoms. The molecule has 0 bridgehead atoms. The van der Waals surface area contributed by atoms with Crippen molar-refractivity contribution in [1.82, 2.24) is 0 Å². The third kappa shape index (κ3) is 3.29. The number of hydrogen-bond acceptors (Lipinski definition) is 4. The monoisotopic (exact) mass is 293 g/mol. The van der Waals surface area contributed by atoms with Crippen LogP contribution in [0.3, 0.4) is 0 Å². The number of benzene rings is 1. The van der Waals surface area contributed by atoms with E-state index in [0.717, 1.165) is 29.9 Å². The number of thioether (sulfide) groups is 1. The van der Waals surface area contributed by atoms with Crippen LogP contribution >= 0.6 is 11.8 Å². The number of hydrogen-bond donors (Lipinski definition) is 1. The Morgan fingerprint density at radius 3 is 2.80 bits per heavy atom. The minimum Gasteiger partial charge on any atom is -0.504 e. The number of unbranched alkanes of at least 4 members (excludes halogenated alkanes) is 1. The van der Waals surface area contributed by atoms with E-state index in [9.17, 15) is 5.11 Å². The Morgan fingerprint density at radius 1 is 1.40 bits per heavy atom. The van der Waals surface area contributed by atoms with Crippen molar-refractivity contribution in [2.24, 2.45) is 4.99 Å². The first kappa shape index (κ1) is 15.2. The lowest BCUT2D eigenvalue weighted by atomic mass is 9.89. The highest BCUT2D eigenvalue weighted by atomic mass is 32.2. The topological polar surface area (TPSA) is 41.8 Å². The number of phenols is 1. The van der Waals surface area contributed by atoms with E-state index < -0.39 is 0 Å². The third-order valence-electron chi connectivity index (χ3n) is 3.39. The molecule has 2 rings (SSSR count). The van der Waals surface area contributed by atoms with E-state index in [-0.39, 0.29) is 11.3 Å². The summed E-state index contributed by atoms with van der Waals surface area (Å²) in [5.41, 5.74) is 2.15. The Bertz CT molecular complexity index is 523. The van der Waals surface area contributed by atoms with Gasteiger partial charge < -0.3 is 9.84 Å². The number of nitrogens with zero attached hydrogens (tertiary/aromatic N) is 1. The van der Waals surface area contributed by atoms with Crippen molar-refractivity contribution < 1.29 is 9.84 Å². The van der Waals surface area contributed by atoms with Gasteiger partial charge >= 0.3 is 0 Å². The van der Waals surface area contributed by atoms with E-state index in [2.05, 4.69) is 20.8 Å². The minimum absolute atomic E-state index is 0.0942. The van der Waals surface area contributed by atoms with Crippen LogP contribution in [0.2, 0.25) is 0 Å². The molecule has 1 aliphatic rings. The van der Waals surface area contributed by atoms with Crippen molar-refractivity contribution in [3.05, 3.63) is 23.3 Å². The van der Waals surface area contributed by atoms with Crippen LogP contribution in [0.5, 0.6) is 11.5 Å². The third-order valence-corrected chi connectivity index (χ3v) is 4.09. The van der Waals surface area contributed by atoms with Crippen molar-refractivity contribution >= 4 is 16.8 Å². The van der Waals surface area contributed by atoms with Crippen LogP contribution in [0.1, 0.15) is 44.7 Å². The fourth-order valence-corrected chi connectivity index (χ4v) is 3.14. The summed E-state index contributed by atoms with van der Waals surface area (Å²) < 4.78 is 5.68. The standard InChI is InChI=1S/C16H23NO2S/c1-5-6-7-19-14-8-11-10-16(2,3)17-15(20-4)12(11)9-13(14)18/h8-9,18H,5-7,10H2,1-4H3. The molecule has 1 heterocycles. The summed E-state index contributed by atoms with van der Waals surface area (Å²) in [5.74, 6) is 0.802. The summed E-state index contributed by atoms with van der Waals surface area (Å²) in [4.78, 5) is 4.75. The van der Waals surface area contributed by atoms with Crippen molar-refractivity contribution in [3.8, 4) is 11.5 Å². The molecule has 0 atom stereocenters. The molecule has 1 N–H and O–H groups in total. The van der Waals surface area contributed by atoms with Crippen LogP contribution in [0.4, 0.5) is 0 Å². The van der Waals surface area contributed by atoms with E-state index in [1.54, 1.807) is 17.8 Å². The minimum atomic E-state index is -0.0942. The highest BCUT2D eigenvalue weighted by molar-refractivity contribution is 8.13. The van der Waals surface area contributed by atoms with E-state index in [1.807, 2.05) is 12.3 Å². The van der Waals surface area contributed by atoms with E-state index in [0.29, 0.717) is 12.4 Å². The molecular weight excluding hydrogens is 270 g/mol. The molecule has 0 saturated carbocycles. The normalized spacial score (nSPS) is 16.5. The summed E-state index contributed by atoms with van der Waals surface area (Å²) in [6.07, 6.45) is 4.98. The van der Waals surface area contributed by atoms with Crippen molar-refractivity contribution in [2.45, 2.75) is 45.6 Å². The van der Waals surface area contributed by atoms with Gasteiger partial charge in [-0.15, -0.1) is 11.8 Å². The maximum atomic E-state index is 10.1. The Hall–Kier alpha value is -1.16. The smallest absolute Gasteiger partial charge is 0.161 e. The Labute approximate surface area is 125 Å². The first-order valence-electron chi connectivity index (χ1n) is 7.09. The van der Waals surface area contributed by atoms with E-state index in [1.165, 1.54) is 5.56 Å². The van der Waals surface area contributed by atoms with Gasteiger partial charge in [0.2, 0.25) is 0 Å². The SMILES string of the molecule is CCCCOc1cc2c(cc1O)C(SC)=NC(C)(C)C2. The molecule has 0 aromatic heterocycles. The first-order valence-corrected chi connectivity index (χ1v) is 8.32. The van der Waals surface area contributed by atoms with Gasteiger partial charge in [-0.1, -0.05) is 13.3 Å². The van der Waals surface area contributed by atoms with E-state index >= 15 is 0 Å². The van der Waals surface area contributed by atoms with Gasteiger partial charge in [0.15, 0.2) is 11.5 Å². The lowest BCUT2D eigenvalue weighted by molar-refractivity contribution is 0.292. The Kier molecular flexibility index (Phi) is 4.63. The van der Waals surface area contributed by atoms with Gasteiger partial charge in [-0.3, -0.25) is 4.99 Å². The van der Waals surface area contributed by atoms with Crippen molar-refractivity contribution in [2.75, 3.05) is 12.9 Å². The fourth-order valence-electron chi connectivity index (χ4n) is 2.39. The lowest BCUT2D eigenvalue weighted by Gasteiger charge is -2.29. The summed E-state index contributed by atoms with van der Waals surface area (Å²) in [7, 11) is 0. The number of aliphatic imine (C=N–C) groups is 1. The second kappa shape index (κ2) is 6.08. The van der Waals surface area contributed by atoms with Crippen LogP contribution < -0.4 is 4.74 Å². The van der Waals surface area contributed by atoms with Gasteiger partial charge in [0, 0.05) is 5.56 Å². The molecule has 110 valence electrons. The van der Waals surface area contributed by atoms with Gasteiger partial charge in [-0.05, 0) is 50.6 Å². The Balaban J connectivity index is 2.33. The molecule has 1 aromatic carbocycles. The van der Waals surface area contributed by atoms with Crippen LogP contribution in [-0.4, -0.2) is 28.6 Å². The zero-order valence-corrected chi connectivity index (χ0v) is 13.5. The van der Waals surface area contributed by atoms with Gasteiger partial charge in [-0.25, -0.2) is 0 Å². The summed E-state index contributed by atoms with van der Waals surface area (Å²) in [5, 5.41) is 11.1. The zero-order chi connectivity index (χ0) is 14.8. The largest absolute Gasteiger partial charge is 0.504 e. The Morgan fingerprint density at radius 2 is 2.15 bits per heavy atom. The number of phenolic OH excluding ortho intramolecular Hbond substituents is 1. The summed E-state index contributed by atoms with van der Waals surface area (Å²) in [6.45, 7) is 7.04. The van der Waals surface area contributed by atoms with Gasteiger partial charge in [0.25, 0.3) is 0 Å². The van der Waals surface area contributed by atoms with E-state index in [4.69, 9.17) is 9.73 Å². The first-order chi connectivity index (χ1) is 9.46. The predicted molar refractivity (Wildman–Crippen MR) is 86.3 cm³/mol. The van der Waals surface area contributed by atoms with Gasteiger partial charge in [0.05, 0.1) is 17.2 Å². The molecule has 0 saturated heterocycles. The molecule has 0 radical (unpaired) electrons. The van der Waals surface area contributed by atoms with Crippen LogP contribution in [-0.2, 0) is 6.42 Å². The summed E-state index contributed by atoms with van der Waals surface area (Å²) in [6, 6.07) is 3.77. The van der Waals surface area contributed by atoms with Crippen molar-refractivity contribution in [1.29, 1.82) is 0 Å². The fraction of sp³-hybridized carbons (Fsp3) is 0.562. The molecule has 0 amide bonds. The maximum Gasteiger partial charge on any atom is 0.161 e. The predicted octanol–water partition coefficient (Wildman–Crippen LogP) is 4.02. The molecule has 0 fully saturated rings. The van der Waals surface area contributed by atoms with Crippen LogP contribution in [0.15, 0.2) is 17.1 Å². The second-order valence-corrected chi connectivity index (χ2v) is 6.58. The number of aromatic hydroxyl groups is 1. The van der Waals surface area contributed by atoms with Gasteiger partial charge in [-0.2, -0.15) is 0 Å². The molecule has 0 aliphatic carbocycles. The average Bonchev–Trinajstić information content (AvgIpc) is 2.38. The lowest BCUT2D eigenvalue weighted by Crippen LogP contribution is -2.27. The molecule has 20 heavy (non-hydrogen) atoms. The number of rotatable bonds is 4. The van der Waals surface area contributed by atoms with Crippen molar-refractivity contribution in [3.63, 3.8) is 0 Å². The average molecular weight is 293 g/mol. The molecule has 3 nitrogen and oxygen atoms in total. The number of ether oxygens (including phenoxy) is 1. The highest BCUT2D eigenvalue weighted by Gasteiger charge is 2.27. The molecule has 4 heteroatoms. The number of fused-ring (bicyclic) bond motifs is 1. The molecular formula is C16H23NO2S. The second-order valence-electron chi connectivity index (χ2n) is 5.79.